The molecule has 4 rings (SSSR count). The number of ketones is 1. The van der Waals surface area contributed by atoms with Crippen LogP contribution in [-0.4, -0.2) is 33.7 Å². The molecular formula is C23H29BrN4O2. The minimum atomic E-state index is -0.636. The van der Waals surface area contributed by atoms with Crippen LogP contribution in [0.25, 0.3) is 0 Å². The van der Waals surface area contributed by atoms with Gasteiger partial charge in [-0.2, -0.15) is 0 Å². The summed E-state index contributed by atoms with van der Waals surface area (Å²) in [6, 6.07) is 9.18. The Morgan fingerprint density at radius 2 is 1.90 bits per heavy atom. The van der Waals surface area contributed by atoms with Crippen molar-refractivity contribution in [2.24, 2.45) is 0 Å². The van der Waals surface area contributed by atoms with Gasteiger partial charge < -0.3 is 10.2 Å². The van der Waals surface area contributed by atoms with Crippen LogP contribution in [0.1, 0.15) is 73.9 Å². The lowest BCUT2D eigenvalue weighted by atomic mass is 10.0. The van der Waals surface area contributed by atoms with Gasteiger partial charge in [0.2, 0.25) is 5.91 Å². The average Bonchev–Trinajstić information content (AvgIpc) is 3.33. The van der Waals surface area contributed by atoms with Gasteiger partial charge in [0.25, 0.3) is 0 Å². The number of nitrogens with zero attached hydrogens (tertiary/aromatic N) is 3. The molecule has 1 aromatic carbocycles. The summed E-state index contributed by atoms with van der Waals surface area (Å²) in [5, 5.41) is 2.94. The van der Waals surface area contributed by atoms with Gasteiger partial charge in [-0.05, 0) is 19.3 Å². The molecule has 2 atom stereocenters. The predicted octanol–water partition coefficient (Wildman–Crippen LogP) is 5.30. The van der Waals surface area contributed by atoms with Crippen molar-refractivity contribution in [1.82, 2.24) is 9.97 Å². The van der Waals surface area contributed by atoms with Gasteiger partial charge in [-0.15, -0.1) is 0 Å². The van der Waals surface area contributed by atoms with Crippen LogP contribution in [-0.2, 0) is 4.79 Å². The van der Waals surface area contributed by atoms with Gasteiger partial charge in [0.15, 0.2) is 17.4 Å². The molecule has 6 nitrogen and oxygen atoms in total. The van der Waals surface area contributed by atoms with Gasteiger partial charge in [-0.25, -0.2) is 9.97 Å². The van der Waals surface area contributed by atoms with E-state index in [-0.39, 0.29) is 17.7 Å². The first-order valence-electron chi connectivity index (χ1n) is 10.8. The highest BCUT2D eigenvalue weighted by atomic mass is 79.9. The van der Waals surface area contributed by atoms with Crippen LogP contribution in [0.5, 0.6) is 0 Å². The molecule has 0 radical (unpaired) electrons. The summed E-state index contributed by atoms with van der Waals surface area (Å²) in [7, 11) is 0. The third-order valence-electron chi connectivity index (χ3n) is 5.55. The smallest absolute Gasteiger partial charge is 0.247 e. The normalized spacial score (nSPS) is 19.4. The van der Waals surface area contributed by atoms with Crippen molar-refractivity contribution < 1.29 is 9.59 Å². The number of carbonyl (C=O) groups is 2. The summed E-state index contributed by atoms with van der Waals surface area (Å²) in [6.45, 7) is 6.02. The Bertz CT molecular complexity index is 884. The van der Waals surface area contributed by atoms with Crippen LogP contribution < -0.4 is 10.2 Å². The minimum absolute atomic E-state index is 0.00555. The molecule has 0 bridgehead atoms. The number of rotatable bonds is 5. The number of aromatic nitrogens is 2. The lowest BCUT2D eigenvalue weighted by Gasteiger charge is -2.40. The van der Waals surface area contributed by atoms with Crippen LogP contribution >= 0.6 is 15.9 Å². The quantitative estimate of drug-likeness (QED) is 0.471. The topological polar surface area (TPSA) is 75.2 Å². The Morgan fingerprint density at radius 3 is 2.53 bits per heavy atom. The second-order valence-electron chi connectivity index (χ2n) is 7.32. The largest absolute Gasteiger partial charge is 0.340 e. The zero-order valence-electron chi connectivity index (χ0n) is 17.8. The Labute approximate surface area is 186 Å². The summed E-state index contributed by atoms with van der Waals surface area (Å²) in [5.74, 6) is 1.06. The average molecular weight is 473 g/mol. The number of hydrogen-bond donors (Lipinski definition) is 1. The van der Waals surface area contributed by atoms with Gasteiger partial charge in [-0.1, -0.05) is 79.9 Å². The molecule has 1 amide bonds. The SMILES string of the molecule is CC.CC[C@@H]1C(=O)Nc2cnc(C(Br)C(=O)c3ccccc3)nc2N1C1CCCC1. The minimum Gasteiger partial charge on any atom is -0.340 e. The van der Waals surface area contributed by atoms with Crippen molar-refractivity contribution in [2.75, 3.05) is 10.2 Å². The van der Waals surface area contributed by atoms with E-state index in [1.807, 2.05) is 39.0 Å². The molecule has 30 heavy (non-hydrogen) atoms. The molecule has 0 saturated heterocycles. The zero-order valence-corrected chi connectivity index (χ0v) is 19.4. The molecule has 2 aromatic rings. The summed E-state index contributed by atoms with van der Waals surface area (Å²) in [5.41, 5.74) is 1.23. The number of anilines is 2. The summed E-state index contributed by atoms with van der Waals surface area (Å²) < 4.78 is 0. The number of hydrogen-bond acceptors (Lipinski definition) is 5. The zero-order chi connectivity index (χ0) is 21.7. The second kappa shape index (κ2) is 10.2. The van der Waals surface area contributed by atoms with E-state index in [0.717, 1.165) is 18.7 Å². The number of carbonyl (C=O) groups excluding carboxylic acids is 2. The summed E-state index contributed by atoms with van der Waals surface area (Å²) in [6.07, 6.45) is 6.78. The second-order valence-corrected chi connectivity index (χ2v) is 8.23. The van der Waals surface area contributed by atoms with E-state index >= 15 is 0 Å². The summed E-state index contributed by atoms with van der Waals surface area (Å²) in [4.78, 5) is 36.1. The van der Waals surface area contributed by atoms with Crippen molar-refractivity contribution in [1.29, 1.82) is 0 Å². The first-order valence-corrected chi connectivity index (χ1v) is 11.7. The van der Waals surface area contributed by atoms with Gasteiger partial charge in [0.1, 0.15) is 16.6 Å². The van der Waals surface area contributed by atoms with E-state index in [0.29, 0.717) is 29.5 Å². The van der Waals surface area contributed by atoms with E-state index in [9.17, 15) is 9.59 Å². The molecule has 160 valence electrons. The maximum absolute atomic E-state index is 12.8. The Kier molecular flexibility index (Phi) is 7.58. The fourth-order valence-electron chi connectivity index (χ4n) is 4.14. The van der Waals surface area contributed by atoms with E-state index in [1.54, 1.807) is 18.3 Å². The highest BCUT2D eigenvalue weighted by Gasteiger charge is 2.39. The molecule has 1 aliphatic heterocycles. The highest BCUT2D eigenvalue weighted by molar-refractivity contribution is 9.09. The standard InChI is InChI=1S/C21H23BrN4O2.C2H6/c1-2-16-21(28)24-15-12-23-19(17(22)18(27)13-8-4-3-5-9-13)25-20(15)26(16)14-10-6-7-11-14;1-2/h3-5,8-9,12,14,16-17H,2,6-7,10-11H2,1H3,(H,24,28);1-2H3/t16-,17?;/m1./s1. The Morgan fingerprint density at radius 1 is 1.23 bits per heavy atom. The van der Waals surface area contributed by atoms with Crippen molar-refractivity contribution in [2.45, 2.75) is 69.8 Å². The first kappa shape index (κ1) is 22.4. The van der Waals surface area contributed by atoms with Gasteiger partial charge in [-0.3, -0.25) is 9.59 Å². The fourth-order valence-corrected chi connectivity index (χ4v) is 4.63. The molecule has 1 fully saturated rings. The first-order chi connectivity index (χ1) is 14.6. The van der Waals surface area contributed by atoms with E-state index < -0.39 is 4.83 Å². The maximum atomic E-state index is 12.8. The van der Waals surface area contributed by atoms with E-state index in [4.69, 9.17) is 4.98 Å². The number of fused-ring (bicyclic) bond motifs is 1. The predicted molar refractivity (Wildman–Crippen MR) is 123 cm³/mol. The van der Waals surface area contributed by atoms with Crippen molar-refractivity contribution in [3.63, 3.8) is 0 Å². The molecule has 1 saturated carbocycles. The van der Waals surface area contributed by atoms with E-state index in [1.165, 1.54) is 12.8 Å². The van der Waals surface area contributed by atoms with Gasteiger partial charge in [0.05, 0.1) is 6.20 Å². The molecular weight excluding hydrogens is 444 g/mol. The fraction of sp³-hybridized carbons (Fsp3) is 0.478. The lowest BCUT2D eigenvalue weighted by Crippen LogP contribution is -2.52. The Balaban J connectivity index is 0.00000124. The van der Waals surface area contributed by atoms with Crippen LogP contribution in [0.2, 0.25) is 0 Å². The van der Waals surface area contributed by atoms with E-state index in [2.05, 4.69) is 31.1 Å². The molecule has 7 heteroatoms. The van der Waals surface area contributed by atoms with Crippen molar-refractivity contribution in [3.05, 3.63) is 47.9 Å². The number of benzene rings is 1. The van der Waals surface area contributed by atoms with Crippen LogP contribution in [0.15, 0.2) is 36.5 Å². The number of alkyl halides is 1. The van der Waals surface area contributed by atoms with Gasteiger partial charge in [0, 0.05) is 11.6 Å². The number of halogens is 1. The maximum Gasteiger partial charge on any atom is 0.247 e. The van der Waals surface area contributed by atoms with Crippen molar-refractivity contribution in [3.8, 4) is 0 Å². The third kappa shape index (κ3) is 4.41. The van der Waals surface area contributed by atoms with Crippen molar-refractivity contribution >= 4 is 39.1 Å². The molecule has 1 aromatic heterocycles. The van der Waals surface area contributed by atoms with Crippen LogP contribution in [0.4, 0.5) is 11.5 Å². The highest BCUT2D eigenvalue weighted by Crippen LogP contribution is 2.38. The molecule has 0 spiro atoms. The molecule has 1 N–H and O–H groups in total. The number of Topliss-reactive ketones (excluding diaryl/α,β-unsaturated/α-hetero) is 1. The lowest BCUT2D eigenvalue weighted by molar-refractivity contribution is -0.117. The van der Waals surface area contributed by atoms with Crippen LogP contribution in [0, 0.1) is 0 Å². The third-order valence-corrected chi connectivity index (χ3v) is 6.37. The number of nitrogens with one attached hydrogen (secondary N) is 1. The summed E-state index contributed by atoms with van der Waals surface area (Å²) >= 11 is 3.48. The Hall–Kier alpha value is -2.28. The molecule has 2 heterocycles. The monoisotopic (exact) mass is 472 g/mol. The van der Waals surface area contributed by atoms with Crippen LogP contribution in [0.3, 0.4) is 0 Å². The molecule has 1 aliphatic carbocycles. The number of amides is 1. The molecule has 1 unspecified atom stereocenters. The van der Waals surface area contributed by atoms with Gasteiger partial charge >= 0.3 is 0 Å². The molecule has 2 aliphatic rings.